The summed E-state index contributed by atoms with van der Waals surface area (Å²) < 4.78 is 0. The van der Waals surface area contributed by atoms with Crippen LogP contribution in [-0.4, -0.2) is 912 Å². The average molecular weight is 1390 g/mol. The molecule has 0 nitrogen and oxygen atoms in total. The largest absolute Gasteiger partial charge is 0 e. The quantitative estimate of drug-likeness (QED) is 0.0533. The Morgan fingerprint density at radius 3 is 0.171 bits per heavy atom. The molecule has 0 saturated heterocycles. The van der Waals surface area contributed by atoms with Gasteiger partial charge in [-0.1, -0.05) is 0 Å². The van der Waals surface area contributed by atoms with Crippen molar-refractivity contribution in [2.24, 2.45) is 0 Å². The highest BCUT2D eigenvalue weighted by atomic mass is 13.5. The molecule has 0 heterocycles. The van der Waals surface area contributed by atoms with Crippen molar-refractivity contribution in [3.63, 3.8) is 0 Å². The minimum atomic E-state index is -2.81. The van der Waals surface area contributed by atoms with Gasteiger partial charge in [0.1, 0.15) is 0 Å². The second kappa shape index (κ2) is 63.5. The molecule has 131 radical (unpaired) electrons. The molecule has 0 amide bonds. The zero-order valence-corrected chi connectivity index (χ0v) is 74.5. The molecule has 0 fully saturated rings. The normalized spacial score (nSPS) is 9.86. The molecule has 129 heteroatoms. The van der Waals surface area contributed by atoms with Crippen LogP contribution in [0.25, 0.3) is 0 Å². The smallest absolute Gasteiger partial charge is 0 e. The fourth-order valence-corrected chi connectivity index (χ4v) is 23.6. The van der Waals surface area contributed by atoms with Crippen molar-refractivity contribution in [2.75, 3.05) is 0 Å². The van der Waals surface area contributed by atoms with Gasteiger partial charge in [0.25, 0.3) is 0 Å². The molecule has 0 aliphatic rings. The first-order valence-electron chi connectivity index (χ1n) is 42.7. The Bertz CT molecular complexity index is 2200. The molecule has 0 bridgehead atoms. The fraction of sp³-hybridized carbons (Fsp3) is 0. The van der Waals surface area contributed by atoms with Crippen LogP contribution in [0.1, 0.15) is 0 Å². The van der Waals surface area contributed by atoms with Gasteiger partial charge in [0.2, 0.25) is 0 Å². The molecular formula is B129. The van der Waals surface area contributed by atoms with E-state index in [1.165, 1.54) is 0 Å². The molecule has 129 heavy (non-hydrogen) atoms. The molecule has 0 atom stereocenters. The summed E-state index contributed by atoms with van der Waals surface area (Å²) in [6.45, 7) is 0. The second-order valence-corrected chi connectivity index (χ2v) is 36.6. The lowest BCUT2D eigenvalue weighted by Gasteiger charge is -2.65. The molecule has 0 aliphatic carbocycles. The minimum Gasteiger partial charge on any atom is 0 e. The molecule has 0 aromatic heterocycles. The molecule has 0 aliphatic heterocycles. The topological polar surface area (TPSA) is 0 Å². The Balaban J connectivity index is 17.4. The lowest BCUT2D eigenvalue weighted by molar-refractivity contribution is 3.11. The van der Waals surface area contributed by atoms with Crippen molar-refractivity contribution in [1.29, 1.82) is 0 Å². The van der Waals surface area contributed by atoms with Gasteiger partial charge < -0.3 is 0 Å². The van der Waals surface area contributed by atoms with E-state index in [1.807, 2.05) is 0 Å². The summed E-state index contributed by atoms with van der Waals surface area (Å²) in [6.07, 6.45) is -138. The van der Waals surface area contributed by atoms with E-state index in [1.54, 1.807) is 0 Å². The van der Waals surface area contributed by atoms with Crippen molar-refractivity contribution >= 4 is 912 Å². The minimum absolute atomic E-state index is 0.944. The lowest BCUT2D eigenvalue weighted by Crippen LogP contribution is -3.03. The first kappa shape index (κ1) is 137. The van der Waals surface area contributed by atoms with E-state index in [0.29, 0.717) is 0 Å². The first-order valence-corrected chi connectivity index (χ1v) is 42.7. The van der Waals surface area contributed by atoms with Crippen molar-refractivity contribution in [3.05, 3.63) is 0 Å². The molecule has 0 aromatic rings. The van der Waals surface area contributed by atoms with Crippen LogP contribution in [0.2, 0.25) is 0 Å². The van der Waals surface area contributed by atoms with Gasteiger partial charge in [-0.3, -0.25) is 0 Å². The Hall–Kier alpha value is 8.38. The zero-order valence-electron chi connectivity index (χ0n) is 74.5. The third-order valence-corrected chi connectivity index (χ3v) is 27.8. The number of hydrogen-bond acceptors (Lipinski definition) is 0. The third-order valence-electron chi connectivity index (χ3n) is 27.8. The van der Waals surface area contributed by atoms with Gasteiger partial charge in [0, 0.05) is 912 Å². The summed E-state index contributed by atoms with van der Waals surface area (Å²) in [5.41, 5.74) is 0. The average Bonchev–Trinajstić information content (AvgIpc) is 0.698. The van der Waals surface area contributed by atoms with Gasteiger partial charge in [0.15, 0.2) is 0 Å². The molecule has 0 saturated carbocycles. The summed E-state index contributed by atoms with van der Waals surface area (Å²) in [4.78, 5) is 0. The molecule has 0 spiro atoms. The highest BCUT2D eigenvalue weighted by molar-refractivity contribution is 8.47. The first-order chi connectivity index (χ1) is 58.7. The van der Waals surface area contributed by atoms with Gasteiger partial charge >= 0.3 is 0 Å². The summed E-state index contributed by atoms with van der Waals surface area (Å²) in [6, 6.07) is 0. The summed E-state index contributed by atoms with van der Waals surface area (Å²) in [5.74, 6) is 0. The van der Waals surface area contributed by atoms with E-state index in [9.17, 15) is 0 Å². The van der Waals surface area contributed by atoms with Crippen molar-refractivity contribution in [1.82, 2.24) is 0 Å². The Labute approximate surface area is 902 Å². The van der Waals surface area contributed by atoms with Crippen molar-refractivity contribution in [2.45, 2.75) is 0 Å². The standard InChI is InChI=1S/B129/c1-66-99(67(2)3)115(98(64)65)123(114(96(60)61)97(62)63)127(122(112(92(52)53)93(54)55)113(94(56)57)95(58)59)129(126(120(108(84(36)37)85(38)39)109(86(40)41)87(42)43)121(110(88(44)45)89(46)47)111(90(48)49)91(50)51)128(124(116(100(68(4)5)69(6)7)101(70(8)9)71(10)11)117(102(72(12)13)73(14)15)103(74(16)17)75(18)19)125(118(104(76(20)21)77(22)23)105(78(24)25)79(26)27)119(106(80(28)29)81(30)31)107(82(32)33)83(34)35. The zero-order chi connectivity index (χ0) is 102. The molecule has 0 rings (SSSR count). The van der Waals surface area contributed by atoms with E-state index in [2.05, 4.69) is 0 Å². The van der Waals surface area contributed by atoms with E-state index in [4.69, 9.17) is 503 Å². The number of rotatable bonds is 63. The monoisotopic (exact) mass is 1420 g/mol. The molecule has 387 valence electrons. The Morgan fingerprint density at radius 1 is 0.0698 bits per heavy atom. The van der Waals surface area contributed by atoms with E-state index in [0.717, 1.165) is 7.06 Å². The fourth-order valence-electron chi connectivity index (χ4n) is 23.6. The van der Waals surface area contributed by atoms with E-state index in [-0.39, 0.29) is 0 Å². The Morgan fingerprint density at radius 2 is 0.124 bits per heavy atom. The maximum absolute atomic E-state index is 7.59. The van der Waals surface area contributed by atoms with Gasteiger partial charge in [-0.05, 0) is 0 Å². The highest BCUT2D eigenvalue weighted by Gasteiger charge is 2.72. The van der Waals surface area contributed by atoms with Crippen molar-refractivity contribution in [3.8, 4) is 0 Å². The summed E-state index contributed by atoms with van der Waals surface area (Å²) in [7, 11) is 484. The van der Waals surface area contributed by atoms with Gasteiger partial charge in [-0.25, -0.2) is 0 Å². The van der Waals surface area contributed by atoms with Gasteiger partial charge in [-0.15, -0.1) is 0 Å². The number of hydrogen-bond donors (Lipinski definition) is 0. The predicted molar refractivity (Wildman–Crippen MR) is 742 cm³/mol. The van der Waals surface area contributed by atoms with Crippen molar-refractivity contribution < 1.29 is 0 Å². The van der Waals surface area contributed by atoms with Crippen LogP contribution < -0.4 is 0 Å². The summed E-state index contributed by atoms with van der Waals surface area (Å²) in [5, 5.41) is 0. The predicted octanol–water partition coefficient (Wildman–Crippen LogP) is -49.1. The lowest BCUT2D eigenvalue weighted by atomic mass is 8.16. The molecule has 0 unspecified atom stereocenters. The van der Waals surface area contributed by atoms with E-state index < -0.39 is 402 Å². The van der Waals surface area contributed by atoms with Crippen LogP contribution in [0.3, 0.4) is 0 Å². The third kappa shape index (κ3) is 36.9. The molecule has 0 N–H and O–H groups in total. The van der Waals surface area contributed by atoms with Crippen LogP contribution in [0, 0.1) is 0 Å². The van der Waals surface area contributed by atoms with Gasteiger partial charge in [-0.2, -0.15) is 0 Å². The summed E-state index contributed by atoms with van der Waals surface area (Å²) >= 11 is 0. The highest BCUT2D eigenvalue weighted by Crippen LogP contribution is 2.34. The van der Waals surface area contributed by atoms with Crippen LogP contribution >= 0.6 is 0 Å². The van der Waals surface area contributed by atoms with Gasteiger partial charge in [0.05, 0.1) is 0 Å². The van der Waals surface area contributed by atoms with E-state index >= 15 is 0 Å². The second-order valence-electron chi connectivity index (χ2n) is 36.6. The maximum atomic E-state index is 7.59. The SMILES string of the molecule is [B][B]B(B([B])[B])B(B([B])[B])B(B(B([B])[B])B([B])[B])B(B(B(B([B])[B])B([B])[B])B(B([B])[B])B([B])[B])B(B(B(B(B([B])[B])B([B])[B])B(B([B])[B])B([B])[B])B(B(B([B])[B])B([B])[B])B(B([B])[B])B([B])[B])B(B(B(B(B([B])[B])B([B])[B])B(B([B])[B])B([B])[B])B(B(B([B])[B])B([B])[B])B(B([B])[B])B([B])[B])B(B(B(B([B])[B])B([B])[B])B(B([B])[B])B([B])[B])B(B(B([B])[B])B([B])[B])B(B([B])[B])B([B])[B]. The molecule has 0 aromatic carbocycles. The van der Waals surface area contributed by atoms with Crippen LogP contribution in [0.15, 0.2) is 0 Å². The molecular weight excluding hydrogens is 1390 g/mol. The van der Waals surface area contributed by atoms with Crippen LogP contribution in [0.5, 0.6) is 0 Å². The maximum Gasteiger partial charge on any atom is 0 e. The Kier molecular flexibility index (Phi) is 67.6. The van der Waals surface area contributed by atoms with Crippen LogP contribution in [-0.2, 0) is 0 Å². The van der Waals surface area contributed by atoms with Crippen LogP contribution in [0.4, 0.5) is 0 Å².